The third-order valence-corrected chi connectivity index (χ3v) is 6.08. The summed E-state index contributed by atoms with van der Waals surface area (Å²) >= 11 is 1.93. The molecule has 0 bridgehead atoms. The molecule has 2 aromatic rings. The van der Waals surface area contributed by atoms with Crippen molar-refractivity contribution >= 4 is 17.7 Å². The molecule has 2 saturated heterocycles. The Kier molecular flexibility index (Phi) is 3.56. The average Bonchev–Trinajstić information content (AvgIpc) is 3.13. The van der Waals surface area contributed by atoms with Crippen molar-refractivity contribution in [1.82, 2.24) is 14.5 Å². The molecule has 2 fully saturated rings. The Balaban J connectivity index is 1.35. The van der Waals surface area contributed by atoms with Crippen molar-refractivity contribution in [2.45, 2.75) is 17.3 Å². The van der Waals surface area contributed by atoms with E-state index in [1.807, 2.05) is 64.8 Å². The van der Waals surface area contributed by atoms with Gasteiger partial charge >= 0.3 is 0 Å². The standard InChI is InChI=1S/C17H19N3O2S/c1-19-8-4-5-14(19)16(21)20-11-17(12-20)9-13(10-23-17)22-15-6-2-3-7-18-15/h2-8,13H,9-12H2,1H3/t13-/m1/s1. The molecule has 0 N–H and O–H groups in total. The van der Waals surface area contributed by atoms with E-state index >= 15 is 0 Å². The second-order valence-corrected chi connectivity index (χ2v) is 7.76. The van der Waals surface area contributed by atoms with Crippen molar-refractivity contribution < 1.29 is 9.53 Å². The van der Waals surface area contributed by atoms with Gasteiger partial charge in [0.1, 0.15) is 11.8 Å². The van der Waals surface area contributed by atoms with Gasteiger partial charge in [0.2, 0.25) is 5.88 Å². The summed E-state index contributed by atoms with van der Waals surface area (Å²) in [4.78, 5) is 18.6. The molecular formula is C17H19N3O2S. The van der Waals surface area contributed by atoms with Crippen LogP contribution >= 0.6 is 11.8 Å². The fourth-order valence-electron chi connectivity index (χ4n) is 3.32. The quantitative estimate of drug-likeness (QED) is 0.866. The number of carbonyl (C=O) groups excluding carboxylic acids is 1. The summed E-state index contributed by atoms with van der Waals surface area (Å²) in [6, 6.07) is 9.49. The number of nitrogens with zero attached hydrogens (tertiary/aromatic N) is 3. The molecule has 0 unspecified atom stereocenters. The molecule has 5 nitrogen and oxygen atoms in total. The number of amides is 1. The molecule has 1 amide bonds. The minimum Gasteiger partial charge on any atom is -0.473 e. The number of aryl methyl sites for hydroxylation is 1. The van der Waals surface area contributed by atoms with Crippen LogP contribution in [-0.4, -0.2) is 50.1 Å². The van der Waals surface area contributed by atoms with Crippen LogP contribution in [0.5, 0.6) is 5.88 Å². The van der Waals surface area contributed by atoms with Gasteiger partial charge in [0.05, 0.1) is 4.75 Å². The Labute approximate surface area is 139 Å². The number of thioether (sulfide) groups is 1. The molecular weight excluding hydrogens is 310 g/mol. The van der Waals surface area contributed by atoms with Crippen molar-refractivity contribution in [2.24, 2.45) is 7.05 Å². The van der Waals surface area contributed by atoms with Crippen LogP contribution in [-0.2, 0) is 7.05 Å². The van der Waals surface area contributed by atoms with Crippen LogP contribution < -0.4 is 4.74 Å². The topological polar surface area (TPSA) is 47.4 Å². The maximum atomic E-state index is 12.5. The van der Waals surface area contributed by atoms with Crippen LogP contribution in [0.2, 0.25) is 0 Å². The number of ether oxygens (including phenoxy) is 1. The monoisotopic (exact) mass is 329 g/mol. The molecule has 0 saturated carbocycles. The zero-order valence-corrected chi connectivity index (χ0v) is 13.8. The van der Waals surface area contributed by atoms with Gasteiger partial charge in [-0.05, 0) is 18.2 Å². The van der Waals surface area contributed by atoms with Gasteiger partial charge in [-0.2, -0.15) is 0 Å². The first kappa shape index (κ1) is 14.6. The van der Waals surface area contributed by atoms with Crippen LogP contribution in [0.4, 0.5) is 0 Å². The van der Waals surface area contributed by atoms with Gasteiger partial charge in [-0.1, -0.05) is 6.07 Å². The predicted molar refractivity (Wildman–Crippen MR) is 89.8 cm³/mol. The maximum absolute atomic E-state index is 12.5. The first-order chi connectivity index (χ1) is 11.2. The summed E-state index contributed by atoms with van der Waals surface area (Å²) in [6.07, 6.45) is 4.81. The van der Waals surface area contributed by atoms with Crippen molar-refractivity contribution in [3.05, 3.63) is 48.4 Å². The molecule has 4 heterocycles. The Hall–Kier alpha value is -1.95. The second-order valence-electron chi connectivity index (χ2n) is 6.27. The van der Waals surface area contributed by atoms with E-state index < -0.39 is 0 Å². The first-order valence-corrected chi connectivity index (χ1v) is 8.76. The molecule has 2 aliphatic heterocycles. The van der Waals surface area contributed by atoms with E-state index in [-0.39, 0.29) is 16.8 Å². The number of hydrogen-bond donors (Lipinski definition) is 0. The zero-order chi connectivity index (χ0) is 15.9. The third kappa shape index (κ3) is 2.72. The largest absolute Gasteiger partial charge is 0.473 e. The van der Waals surface area contributed by atoms with Crippen LogP contribution in [0, 0.1) is 0 Å². The molecule has 2 aromatic heterocycles. The Morgan fingerprint density at radius 1 is 1.35 bits per heavy atom. The SMILES string of the molecule is Cn1cccc1C(=O)N1CC2(C[C@@H](Oc3ccccn3)CS2)C1. The van der Waals surface area contributed by atoms with Crippen LogP contribution in [0.25, 0.3) is 0 Å². The number of pyridine rings is 1. The van der Waals surface area contributed by atoms with E-state index in [9.17, 15) is 4.79 Å². The molecule has 6 heteroatoms. The first-order valence-electron chi connectivity index (χ1n) is 7.77. The summed E-state index contributed by atoms with van der Waals surface area (Å²) in [5.41, 5.74) is 0.754. The molecule has 2 aliphatic rings. The van der Waals surface area contributed by atoms with Crippen molar-refractivity contribution in [3.8, 4) is 5.88 Å². The number of likely N-dealkylation sites (tertiary alicyclic amines) is 1. The molecule has 120 valence electrons. The second kappa shape index (κ2) is 5.60. The highest BCUT2D eigenvalue weighted by atomic mass is 32.2. The normalized spacial score (nSPS) is 22.1. The number of carbonyl (C=O) groups is 1. The summed E-state index contributed by atoms with van der Waals surface area (Å²) in [6.45, 7) is 1.62. The molecule has 1 spiro atoms. The summed E-state index contributed by atoms with van der Waals surface area (Å²) in [5.74, 6) is 1.77. The van der Waals surface area contributed by atoms with E-state index in [4.69, 9.17) is 4.74 Å². The van der Waals surface area contributed by atoms with Crippen molar-refractivity contribution in [1.29, 1.82) is 0 Å². The summed E-state index contributed by atoms with van der Waals surface area (Å²) in [7, 11) is 1.91. The highest BCUT2D eigenvalue weighted by molar-refractivity contribution is 8.01. The molecule has 1 atom stereocenters. The van der Waals surface area contributed by atoms with Crippen LogP contribution in [0.3, 0.4) is 0 Å². The fraction of sp³-hybridized carbons (Fsp3) is 0.412. The summed E-state index contributed by atoms with van der Waals surface area (Å²) < 4.78 is 8.00. The molecule has 23 heavy (non-hydrogen) atoms. The van der Waals surface area contributed by atoms with Crippen LogP contribution in [0.15, 0.2) is 42.7 Å². The molecule has 0 aliphatic carbocycles. The van der Waals surface area contributed by atoms with Gasteiger partial charge in [0, 0.05) is 50.8 Å². The minimum atomic E-state index is 0.123. The van der Waals surface area contributed by atoms with Gasteiger partial charge in [-0.3, -0.25) is 4.79 Å². The lowest BCUT2D eigenvalue weighted by molar-refractivity contribution is 0.0506. The summed E-state index contributed by atoms with van der Waals surface area (Å²) in [5, 5.41) is 0. The smallest absolute Gasteiger partial charge is 0.270 e. The van der Waals surface area contributed by atoms with E-state index in [0.29, 0.717) is 5.88 Å². The van der Waals surface area contributed by atoms with Gasteiger partial charge in [-0.15, -0.1) is 11.8 Å². The lowest BCUT2D eigenvalue weighted by atomic mass is 9.92. The average molecular weight is 329 g/mol. The third-order valence-electron chi connectivity index (χ3n) is 4.51. The fourth-order valence-corrected chi connectivity index (χ4v) is 4.85. The van der Waals surface area contributed by atoms with Gasteiger partial charge in [-0.25, -0.2) is 4.98 Å². The Morgan fingerprint density at radius 3 is 2.91 bits per heavy atom. The van der Waals surface area contributed by atoms with Gasteiger partial charge in [0.15, 0.2) is 0 Å². The van der Waals surface area contributed by atoms with E-state index in [1.165, 1.54) is 0 Å². The Bertz CT molecular complexity index is 710. The molecule has 0 radical (unpaired) electrons. The minimum absolute atomic E-state index is 0.123. The number of aromatic nitrogens is 2. The van der Waals surface area contributed by atoms with E-state index in [0.717, 1.165) is 31.0 Å². The maximum Gasteiger partial charge on any atom is 0.270 e. The Morgan fingerprint density at radius 2 is 2.22 bits per heavy atom. The van der Waals surface area contributed by atoms with Crippen LogP contribution in [0.1, 0.15) is 16.9 Å². The zero-order valence-electron chi connectivity index (χ0n) is 13.0. The van der Waals surface area contributed by atoms with Gasteiger partial charge < -0.3 is 14.2 Å². The van der Waals surface area contributed by atoms with Crippen molar-refractivity contribution in [2.75, 3.05) is 18.8 Å². The highest BCUT2D eigenvalue weighted by Crippen LogP contribution is 2.46. The lowest BCUT2D eigenvalue weighted by Crippen LogP contribution is -2.61. The lowest BCUT2D eigenvalue weighted by Gasteiger charge is -2.47. The van der Waals surface area contributed by atoms with Gasteiger partial charge in [0.25, 0.3) is 5.91 Å². The number of hydrogen-bond acceptors (Lipinski definition) is 4. The van der Waals surface area contributed by atoms with E-state index in [1.54, 1.807) is 6.20 Å². The number of rotatable bonds is 3. The highest BCUT2D eigenvalue weighted by Gasteiger charge is 2.51. The molecule has 0 aromatic carbocycles. The predicted octanol–water partition coefficient (Wildman–Crippen LogP) is 2.20. The van der Waals surface area contributed by atoms with E-state index in [2.05, 4.69) is 4.98 Å². The van der Waals surface area contributed by atoms with Crippen molar-refractivity contribution in [3.63, 3.8) is 0 Å². The molecule has 4 rings (SSSR count).